The van der Waals surface area contributed by atoms with E-state index in [1.165, 1.54) is 0 Å². The van der Waals surface area contributed by atoms with Crippen LogP contribution in [0.15, 0.2) is 16.9 Å². The quantitative estimate of drug-likeness (QED) is 0.803. The molecule has 0 bridgehead atoms. The number of likely N-dealkylation sites (N-methyl/N-ethyl adjacent to an activating group) is 1. The van der Waals surface area contributed by atoms with Crippen LogP contribution in [0.4, 0.5) is 0 Å². The van der Waals surface area contributed by atoms with Crippen molar-refractivity contribution in [3.05, 3.63) is 23.7 Å². The van der Waals surface area contributed by atoms with Crippen LogP contribution in [0.3, 0.4) is 0 Å². The van der Waals surface area contributed by atoms with Gasteiger partial charge >= 0.3 is 0 Å². The van der Waals surface area contributed by atoms with Gasteiger partial charge in [-0.2, -0.15) is 0 Å². The summed E-state index contributed by atoms with van der Waals surface area (Å²) in [4.78, 5) is 2.13. The molecule has 0 aromatic carbocycles. The maximum Gasteiger partial charge on any atom is 0.0953 e. The van der Waals surface area contributed by atoms with Gasteiger partial charge in [0.2, 0.25) is 0 Å². The van der Waals surface area contributed by atoms with Crippen LogP contribution in [0.2, 0.25) is 0 Å². The molecule has 0 spiro atoms. The zero-order valence-electron chi connectivity index (χ0n) is 9.66. The monoisotopic (exact) mass is 196 g/mol. The third-order valence-corrected chi connectivity index (χ3v) is 3.14. The van der Waals surface area contributed by atoms with E-state index in [4.69, 9.17) is 10.2 Å². The van der Waals surface area contributed by atoms with Crippen molar-refractivity contribution in [2.75, 3.05) is 14.1 Å². The third kappa shape index (κ3) is 1.83. The maximum atomic E-state index is 6.22. The first-order valence-electron chi connectivity index (χ1n) is 4.83. The standard InChI is InChI=1S/C11H20N2O/c1-8-6-14-7-9(8)10(12)11(2,3)13(4)5/h6-7,10H,12H2,1-5H3. The average molecular weight is 196 g/mol. The Hall–Kier alpha value is -0.800. The second-order valence-corrected chi connectivity index (χ2v) is 4.54. The minimum atomic E-state index is -0.0748. The van der Waals surface area contributed by atoms with E-state index in [1.807, 2.05) is 21.0 Å². The first kappa shape index (κ1) is 11.3. The molecule has 1 unspecified atom stereocenters. The lowest BCUT2D eigenvalue weighted by Crippen LogP contribution is -2.47. The fourth-order valence-electron chi connectivity index (χ4n) is 1.35. The van der Waals surface area contributed by atoms with E-state index in [0.29, 0.717) is 0 Å². The molecule has 0 amide bonds. The Morgan fingerprint density at radius 3 is 2.29 bits per heavy atom. The molecule has 0 saturated carbocycles. The van der Waals surface area contributed by atoms with E-state index in [-0.39, 0.29) is 11.6 Å². The van der Waals surface area contributed by atoms with Crippen molar-refractivity contribution >= 4 is 0 Å². The third-order valence-electron chi connectivity index (χ3n) is 3.14. The van der Waals surface area contributed by atoms with Gasteiger partial charge in [0.1, 0.15) is 0 Å². The van der Waals surface area contributed by atoms with Gasteiger partial charge in [0.25, 0.3) is 0 Å². The number of hydrogen-bond acceptors (Lipinski definition) is 3. The lowest BCUT2D eigenvalue weighted by atomic mass is 9.88. The fraction of sp³-hybridized carbons (Fsp3) is 0.636. The zero-order valence-corrected chi connectivity index (χ0v) is 9.66. The Morgan fingerprint density at radius 1 is 1.36 bits per heavy atom. The highest BCUT2D eigenvalue weighted by atomic mass is 16.3. The van der Waals surface area contributed by atoms with Crippen LogP contribution >= 0.6 is 0 Å². The van der Waals surface area contributed by atoms with Gasteiger partial charge in [-0.1, -0.05) is 0 Å². The fourth-order valence-corrected chi connectivity index (χ4v) is 1.35. The highest BCUT2D eigenvalue weighted by Crippen LogP contribution is 2.29. The van der Waals surface area contributed by atoms with E-state index in [0.717, 1.165) is 11.1 Å². The number of hydrogen-bond donors (Lipinski definition) is 1. The summed E-state index contributed by atoms with van der Waals surface area (Å²) in [5, 5.41) is 0. The molecule has 3 nitrogen and oxygen atoms in total. The minimum Gasteiger partial charge on any atom is -0.472 e. The molecule has 0 aliphatic heterocycles. The Labute approximate surface area is 85.9 Å². The van der Waals surface area contributed by atoms with Gasteiger partial charge in [-0.3, -0.25) is 0 Å². The van der Waals surface area contributed by atoms with Gasteiger partial charge in [0, 0.05) is 11.1 Å². The van der Waals surface area contributed by atoms with E-state index >= 15 is 0 Å². The topological polar surface area (TPSA) is 42.4 Å². The molecule has 1 atom stereocenters. The highest BCUT2D eigenvalue weighted by molar-refractivity contribution is 5.25. The number of nitrogens with two attached hydrogens (primary N) is 1. The summed E-state index contributed by atoms with van der Waals surface area (Å²) < 4.78 is 5.14. The summed E-state index contributed by atoms with van der Waals surface area (Å²) in [5.74, 6) is 0. The molecule has 1 aromatic rings. The summed E-state index contributed by atoms with van der Waals surface area (Å²) in [7, 11) is 4.07. The first-order valence-corrected chi connectivity index (χ1v) is 4.83. The smallest absolute Gasteiger partial charge is 0.0953 e. The van der Waals surface area contributed by atoms with Crippen molar-refractivity contribution in [2.45, 2.75) is 32.4 Å². The molecular weight excluding hydrogens is 176 g/mol. The summed E-state index contributed by atoms with van der Waals surface area (Å²) >= 11 is 0. The van der Waals surface area contributed by atoms with Gasteiger partial charge in [-0.25, -0.2) is 0 Å². The Bertz CT molecular complexity index is 302. The van der Waals surface area contributed by atoms with Crippen molar-refractivity contribution in [1.82, 2.24) is 4.90 Å². The number of furan rings is 1. The molecule has 3 heteroatoms. The summed E-state index contributed by atoms with van der Waals surface area (Å²) in [5.41, 5.74) is 8.35. The molecule has 1 rings (SSSR count). The largest absolute Gasteiger partial charge is 0.472 e. The second-order valence-electron chi connectivity index (χ2n) is 4.54. The predicted octanol–water partition coefficient (Wildman–Crippen LogP) is 1.93. The minimum absolute atomic E-state index is 0.0313. The van der Waals surface area contributed by atoms with Crippen molar-refractivity contribution in [2.24, 2.45) is 5.73 Å². The van der Waals surface area contributed by atoms with Crippen LogP contribution in [0.5, 0.6) is 0 Å². The van der Waals surface area contributed by atoms with E-state index in [2.05, 4.69) is 18.7 Å². The molecule has 0 saturated heterocycles. The maximum absolute atomic E-state index is 6.22. The summed E-state index contributed by atoms with van der Waals surface area (Å²) in [6.45, 7) is 6.28. The molecule has 14 heavy (non-hydrogen) atoms. The number of rotatable bonds is 3. The molecule has 1 heterocycles. The normalized spacial score (nSPS) is 14.8. The predicted molar refractivity (Wildman–Crippen MR) is 58.1 cm³/mol. The molecule has 80 valence electrons. The van der Waals surface area contributed by atoms with Gasteiger partial charge in [-0.15, -0.1) is 0 Å². The van der Waals surface area contributed by atoms with E-state index in [1.54, 1.807) is 12.5 Å². The molecule has 1 aromatic heterocycles. The Morgan fingerprint density at radius 2 is 1.93 bits per heavy atom. The summed E-state index contributed by atoms with van der Waals surface area (Å²) in [6, 6.07) is -0.0313. The average Bonchev–Trinajstić information content (AvgIpc) is 2.49. The SMILES string of the molecule is Cc1cocc1C(N)C(C)(C)N(C)C. The molecular formula is C11H20N2O. The van der Waals surface area contributed by atoms with Crippen LogP contribution in [0.1, 0.15) is 31.0 Å². The van der Waals surface area contributed by atoms with Gasteiger partial charge in [-0.05, 0) is 40.4 Å². The zero-order chi connectivity index (χ0) is 10.9. The van der Waals surface area contributed by atoms with Crippen molar-refractivity contribution < 1.29 is 4.42 Å². The Balaban J connectivity index is 2.96. The van der Waals surface area contributed by atoms with Crippen molar-refractivity contribution in [3.8, 4) is 0 Å². The summed E-state index contributed by atoms with van der Waals surface area (Å²) in [6.07, 6.45) is 3.48. The van der Waals surface area contributed by atoms with Crippen molar-refractivity contribution in [1.29, 1.82) is 0 Å². The molecule has 0 aliphatic rings. The highest BCUT2D eigenvalue weighted by Gasteiger charge is 2.31. The second kappa shape index (κ2) is 3.75. The van der Waals surface area contributed by atoms with Crippen LogP contribution < -0.4 is 5.73 Å². The lowest BCUT2D eigenvalue weighted by Gasteiger charge is -2.38. The van der Waals surface area contributed by atoms with E-state index < -0.39 is 0 Å². The first-order chi connectivity index (χ1) is 6.37. The lowest BCUT2D eigenvalue weighted by molar-refractivity contribution is 0.158. The van der Waals surface area contributed by atoms with Crippen LogP contribution in [0.25, 0.3) is 0 Å². The van der Waals surface area contributed by atoms with Gasteiger partial charge < -0.3 is 15.1 Å². The van der Waals surface area contributed by atoms with Crippen LogP contribution in [-0.4, -0.2) is 24.5 Å². The molecule has 0 radical (unpaired) electrons. The molecule has 0 fully saturated rings. The number of aryl methyl sites for hydroxylation is 1. The van der Waals surface area contributed by atoms with Crippen LogP contribution in [0, 0.1) is 6.92 Å². The van der Waals surface area contributed by atoms with Gasteiger partial charge in [0.15, 0.2) is 0 Å². The van der Waals surface area contributed by atoms with Gasteiger partial charge in [0.05, 0.1) is 18.6 Å². The Kier molecular flexibility index (Phi) is 3.02. The van der Waals surface area contributed by atoms with Crippen molar-refractivity contribution in [3.63, 3.8) is 0 Å². The molecule has 2 N–H and O–H groups in total. The van der Waals surface area contributed by atoms with Crippen LogP contribution in [-0.2, 0) is 0 Å². The number of nitrogens with zero attached hydrogens (tertiary/aromatic N) is 1. The van der Waals surface area contributed by atoms with E-state index in [9.17, 15) is 0 Å². The molecule has 0 aliphatic carbocycles.